The van der Waals surface area contributed by atoms with E-state index in [0.717, 1.165) is 24.1 Å². The van der Waals surface area contributed by atoms with Gasteiger partial charge in [-0.2, -0.15) is 0 Å². The van der Waals surface area contributed by atoms with Gasteiger partial charge < -0.3 is 16.4 Å². The molecule has 0 spiro atoms. The van der Waals surface area contributed by atoms with Crippen LogP contribution in [0.2, 0.25) is 0 Å². The van der Waals surface area contributed by atoms with Crippen molar-refractivity contribution < 1.29 is 9.59 Å². The average molecular weight is 329 g/mol. The van der Waals surface area contributed by atoms with Gasteiger partial charge in [0.15, 0.2) is 0 Å². The Morgan fingerprint density at radius 3 is 2.33 bits per heavy atom. The molecule has 0 saturated heterocycles. The van der Waals surface area contributed by atoms with Crippen LogP contribution in [-0.4, -0.2) is 23.9 Å². The van der Waals surface area contributed by atoms with Gasteiger partial charge >= 0.3 is 0 Å². The highest BCUT2D eigenvalue weighted by Gasteiger charge is 2.24. The van der Waals surface area contributed by atoms with Crippen molar-refractivity contribution in [2.24, 2.45) is 5.73 Å². The van der Waals surface area contributed by atoms with Gasteiger partial charge in [-0.25, -0.2) is 0 Å². The first-order valence-electron chi connectivity index (χ1n) is 8.30. The van der Waals surface area contributed by atoms with Crippen LogP contribution in [-0.2, 0) is 16.0 Å². The number of amides is 2. The Kier molecular flexibility index (Phi) is 8.37. The summed E-state index contributed by atoms with van der Waals surface area (Å²) in [6, 6.07) is 8.53. The van der Waals surface area contributed by atoms with Crippen molar-refractivity contribution >= 4 is 11.8 Å². The molecule has 0 bridgehead atoms. The maximum Gasteiger partial charge on any atom is 0.243 e. The van der Waals surface area contributed by atoms with E-state index in [9.17, 15) is 9.59 Å². The van der Waals surface area contributed by atoms with Gasteiger partial charge in [-0.15, -0.1) is 5.73 Å². The number of nitrogens with one attached hydrogen (secondary N) is 2. The second-order valence-corrected chi connectivity index (χ2v) is 5.66. The van der Waals surface area contributed by atoms with E-state index in [2.05, 4.69) is 22.9 Å². The Bertz CT molecular complexity index is 592. The molecule has 0 aliphatic carbocycles. The quantitative estimate of drug-likeness (QED) is 0.574. The molecule has 5 nitrogen and oxygen atoms in total. The van der Waals surface area contributed by atoms with Gasteiger partial charge in [0.25, 0.3) is 0 Å². The van der Waals surface area contributed by atoms with Crippen molar-refractivity contribution in [1.29, 1.82) is 0 Å². The van der Waals surface area contributed by atoms with Crippen LogP contribution >= 0.6 is 0 Å². The van der Waals surface area contributed by atoms with E-state index in [0.29, 0.717) is 12.8 Å². The van der Waals surface area contributed by atoms with Crippen molar-refractivity contribution in [1.82, 2.24) is 10.6 Å². The third-order valence-corrected chi connectivity index (χ3v) is 3.73. The van der Waals surface area contributed by atoms with Crippen molar-refractivity contribution in [3.05, 3.63) is 53.9 Å². The number of carbonyl (C=O) groups is 2. The normalized spacial score (nSPS) is 12.6. The summed E-state index contributed by atoms with van der Waals surface area (Å²) in [5, 5.41) is 5.92. The minimum absolute atomic E-state index is 0.256. The zero-order valence-electron chi connectivity index (χ0n) is 14.5. The van der Waals surface area contributed by atoms with Crippen molar-refractivity contribution in [2.45, 2.75) is 51.6 Å². The molecule has 0 radical (unpaired) electrons. The van der Waals surface area contributed by atoms with E-state index in [-0.39, 0.29) is 5.91 Å². The number of rotatable bonds is 10. The molecule has 0 aromatic heterocycles. The third kappa shape index (κ3) is 6.31. The summed E-state index contributed by atoms with van der Waals surface area (Å²) < 4.78 is 0. The Morgan fingerprint density at radius 2 is 1.83 bits per heavy atom. The standard InChI is InChI=1S/C19H27N3O2/c1-4-10-15(5-2)21-17(13-14-11-8-7-9-12-14)19(24)22-16(6-3)18(20)23/h7-9,11-12,16-17,21H,2,4,6,10,13H2,1,3H3,(H2,20,23)(H,22,24)/t16-,17-/m0/s1. The lowest BCUT2D eigenvalue weighted by Gasteiger charge is -2.23. The van der Waals surface area contributed by atoms with Gasteiger partial charge in [0.1, 0.15) is 12.1 Å². The molecule has 1 rings (SSSR count). The molecule has 24 heavy (non-hydrogen) atoms. The van der Waals surface area contributed by atoms with Gasteiger partial charge in [0.05, 0.1) is 5.70 Å². The number of benzene rings is 1. The van der Waals surface area contributed by atoms with E-state index in [1.165, 1.54) is 0 Å². The van der Waals surface area contributed by atoms with E-state index in [1.54, 1.807) is 0 Å². The minimum Gasteiger partial charge on any atom is -0.370 e. The maximum atomic E-state index is 12.6. The van der Waals surface area contributed by atoms with Crippen molar-refractivity contribution in [3.8, 4) is 0 Å². The Morgan fingerprint density at radius 1 is 1.17 bits per heavy atom. The van der Waals surface area contributed by atoms with Crippen molar-refractivity contribution in [2.75, 3.05) is 0 Å². The van der Waals surface area contributed by atoms with E-state index < -0.39 is 18.0 Å². The molecule has 1 aromatic rings. The second kappa shape index (κ2) is 10.3. The summed E-state index contributed by atoms with van der Waals surface area (Å²) in [4.78, 5) is 24.0. The zero-order valence-corrected chi connectivity index (χ0v) is 14.5. The summed E-state index contributed by atoms with van der Waals surface area (Å²) in [5.41, 5.74) is 9.99. The van der Waals surface area contributed by atoms with Gasteiger partial charge in [-0.3, -0.25) is 9.59 Å². The van der Waals surface area contributed by atoms with Gasteiger partial charge in [-0.1, -0.05) is 57.2 Å². The first kappa shape index (κ1) is 19.5. The monoisotopic (exact) mass is 329 g/mol. The smallest absolute Gasteiger partial charge is 0.243 e. The number of nitrogens with two attached hydrogens (primary N) is 1. The number of hydrogen-bond acceptors (Lipinski definition) is 3. The summed E-state index contributed by atoms with van der Waals surface area (Å²) in [6.45, 7) is 7.53. The Balaban J connectivity index is 2.92. The fourth-order valence-corrected chi connectivity index (χ4v) is 2.38. The largest absolute Gasteiger partial charge is 0.370 e. The molecule has 1 aromatic carbocycles. The number of hydrogen-bond donors (Lipinski definition) is 3. The van der Waals surface area contributed by atoms with Crippen LogP contribution in [0, 0.1) is 0 Å². The summed E-state index contributed by atoms with van der Waals surface area (Å²) in [7, 11) is 0. The molecule has 0 heterocycles. The highest BCUT2D eigenvalue weighted by Crippen LogP contribution is 2.08. The summed E-state index contributed by atoms with van der Waals surface area (Å²) in [5.74, 6) is -0.786. The van der Waals surface area contributed by atoms with E-state index in [4.69, 9.17) is 5.73 Å². The Hall–Kier alpha value is -2.52. The molecule has 2 amide bonds. The highest BCUT2D eigenvalue weighted by atomic mass is 16.2. The molecule has 0 unspecified atom stereocenters. The van der Waals surface area contributed by atoms with Crippen LogP contribution in [0.4, 0.5) is 0 Å². The first-order valence-corrected chi connectivity index (χ1v) is 8.30. The van der Waals surface area contributed by atoms with Gasteiger partial charge in [0.2, 0.25) is 11.8 Å². The van der Waals surface area contributed by atoms with Gasteiger partial charge in [-0.05, 0) is 18.4 Å². The first-order chi connectivity index (χ1) is 11.5. The Labute approximate surface area is 144 Å². The van der Waals surface area contributed by atoms with Gasteiger partial charge in [0, 0.05) is 6.42 Å². The summed E-state index contributed by atoms with van der Waals surface area (Å²) >= 11 is 0. The topological polar surface area (TPSA) is 84.2 Å². The number of primary amides is 1. The maximum absolute atomic E-state index is 12.6. The zero-order chi connectivity index (χ0) is 17.9. The molecular weight excluding hydrogens is 302 g/mol. The molecular formula is C19H27N3O2. The highest BCUT2D eigenvalue weighted by molar-refractivity contribution is 5.89. The molecule has 4 N–H and O–H groups in total. The van der Waals surface area contributed by atoms with Crippen LogP contribution in [0.3, 0.4) is 0 Å². The van der Waals surface area contributed by atoms with Crippen LogP contribution in [0.25, 0.3) is 0 Å². The lowest BCUT2D eigenvalue weighted by molar-refractivity contribution is -0.128. The molecule has 0 saturated carbocycles. The third-order valence-electron chi connectivity index (χ3n) is 3.73. The van der Waals surface area contributed by atoms with Crippen LogP contribution in [0.5, 0.6) is 0 Å². The van der Waals surface area contributed by atoms with E-state index >= 15 is 0 Å². The fraction of sp³-hybridized carbons (Fsp3) is 0.421. The second-order valence-electron chi connectivity index (χ2n) is 5.66. The molecule has 2 atom stereocenters. The molecule has 130 valence electrons. The average Bonchev–Trinajstić information content (AvgIpc) is 2.58. The predicted octanol–water partition coefficient (Wildman–Crippen LogP) is 2.04. The SMILES string of the molecule is C=C=C(CCC)N[C@@H](Cc1ccccc1)C(=O)N[C@@H](CC)C(N)=O. The molecule has 0 aliphatic heterocycles. The predicted molar refractivity (Wildman–Crippen MR) is 96.0 cm³/mol. The fourth-order valence-electron chi connectivity index (χ4n) is 2.38. The summed E-state index contributed by atoms with van der Waals surface area (Å²) in [6.07, 6.45) is 2.63. The van der Waals surface area contributed by atoms with Crippen LogP contribution in [0.15, 0.2) is 48.3 Å². The van der Waals surface area contributed by atoms with Crippen LogP contribution < -0.4 is 16.4 Å². The van der Waals surface area contributed by atoms with Crippen LogP contribution in [0.1, 0.15) is 38.7 Å². The minimum atomic E-state index is -0.667. The number of allylic oxidation sites excluding steroid dienone is 1. The lowest BCUT2D eigenvalue weighted by atomic mass is 10.0. The van der Waals surface area contributed by atoms with Crippen molar-refractivity contribution in [3.63, 3.8) is 0 Å². The lowest BCUT2D eigenvalue weighted by Crippen LogP contribution is -2.52. The molecule has 5 heteroatoms. The molecule has 0 fully saturated rings. The molecule has 0 aliphatic rings. The van der Waals surface area contributed by atoms with E-state index in [1.807, 2.05) is 44.2 Å². The number of carbonyl (C=O) groups excluding carboxylic acids is 2.